The fraction of sp³-hybridized carbons (Fsp3) is 0.222. The van der Waals surface area contributed by atoms with Crippen molar-refractivity contribution in [2.45, 2.75) is 13.3 Å². The number of aromatic nitrogens is 1. The van der Waals surface area contributed by atoms with Crippen LogP contribution in [0.1, 0.15) is 24.8 Å². The summed E-state index contributed by atoms with van der Waals surface area (Å²) >= 11 is 0. The van der Waals surface area contributed by atoms with Gasteiger partial charge in [0.15, 0.2) is 12.2 Å². The zero-order valence-corrected chi connectivity index (χ0v) is 6.37. The molecule has 0 spiro atoms. The Hall–Kier alpha value is -1.31. The summed E-state index contributed by atoms with van der Waals surface area (Å²) in [5.41, 5.74) is 2.23. The van der Waals surface area contributed by atoms with E-state index in [1.165, 1.54) is 12.0 Å². The van der Waals surface area contributed by atoms with Gasteiger partial charge in [0.2, 0.25) is 0 Å². The summed E-state index contributed by atoms with van der Waals surface area (Å²) in [5.74, 6) is 0.872. The van der Waals surface area contributed by atoms with Crippen LogP contribution in [0.2, 0.25) is 0 Å². The van der Waals surface area contributed by atoms with Crippen LogP contribution >= 0.6 is 0 Å². The molecule has 0 saturated carbocycles. The van der Waals surface area contributed by atoms with E-state index in [-0.39, 0.29) is 0 Å². The lowest BCUT2D eigenvalue weighted by atomic mass is 10.2. The minimum absolute atomic E-state index is 0.872. The van der Waals surface area contributed by atoms with Crippen LogP contribution in [-0.4, -0.2) is 4.98 Å². The van der Waals surface area contributed by atoms with E-state index in [0.717, 1.165) is 17.9 Å². The van der Waals surface area contributed by atoms with Crippen molar-refractivity contribution in [3.63, 3.8) is 0 Å². The molecule has 0 radical (unpaired) electrons. The minimum Gasteiger partial charge on any atom is -0.443 e. The van der Waals surface area contributed by atoms with Gasteiger partial charge in [-0.2, -0.15) is 0 Å². The van der Waals surface area contributed by atoms with Crippen molar-refractivity contribution in [3.05, 3.63) is 29.5 Å². The number of hydrogen-bond acceptors (Lipinski definition) is 2. The highest BCUT2D eigenvalue weighted by Gasteiger charge is 2.04. The zero-order valence-electron chi connectivity index (χ0n) is 6.37. The van der Waals surface area contributed by atoms with Crippen molar-refractivity contribution in [1.29, 1.82) is 0 Å². The van der Waals surface area contributed by atoms with Gasteiger partial charge in [-0.25, -0.2) is 4.98 Å². The third kappa shape index (κ3) is 1.11. The summed E-state index contributed by atoms with van der Waals surface area (Å²) in [6, 6.07) is 0. The second-order valence-electron chi connectivity index (χ2n) is 2.70. The van der Waals surface area contributed by atoms with Gasteiger partial charge in [0.25, 0.3) is 0 Å². The number of oxazole rings is 1. The molecule has 0 atom stereocenters. The van der Waals surface area contributed by atoms with Gasteiger partial charge < -0.3 is 4.42 Å². The molecule has 0 N–H and O–H groups in total. The van der Waals surface area contributed by atoms with Crippen LogP contribution in [0.3, 0.4) is 0 Å². The standard InChI is InChI=1S/C9H9NO/c1-7-3-2-4-8-9(5-7)11-6-10-8/h2,4-6H,3H2,1H3. The molecule has 0 bridgehead atoms. The maximum absolute atomic E-state index is 5.17. The van der Waals surface area contributed by atoms with Crippen LogP contribution in [0, 0.1) is 0 Å². The molecule has 56 valence electrons. The topological polar surface area (TPSA) is 26.0 Å². The first-order chi connectivity index (χ1) is 5.36. The van der Waals surface area contributed by atoms with Gasteiger partial charge in [-0.05, 0) is 25.5 Å². The highest BCUT2D eigenvalue weighted by molar-refractivity contribution is 5.62. The summed E-state index contributed by atoms with van der Waals surface area (Å²) in [4.78, 5) is 4.05. The van der Waals surface area contributed by atoms with Crippen LogP contribution < -0.4 is 0 Å². The van der Waals surface area contributed by atoms with E-state index >= 15 is 0 Å². The molecule has 0 aromatic carbocycles. The van der Waals surface area contributed by atoms with Crippen molar-refractivity contribution in [3.8, 4) is 0 Å². The first-order valence-electron chi connectivity index (χ1n) is 3.63. The number of hydrogen-bond donors (Lipinski definition) is 0. The van der Waals surface area contributed by atoms with E-state index < -0.39 is 0 Å². The summed E-state index contributed by atoms with van der Waals surface area (Å²) in [5, 5.41) is 0. The molecule has 2 heteroatoms. The monoisotopic (exact) mass is 147 g/mol. The molecule has 1 aliphatic carbocycles. The average molecular weight is 147 g/mol. The molecule has 2 rings (SSSR count). The van der Waals surface area contributed by atoms with Gasteiger partial charge in [-0.3, -0.25) is 0 Å². The number of rotatable bonds is 0. The molecule has 0 saturated heterocycles. The van der Waals surface area contributed by atoms with Crippen molar-refractivity contribution in [2.24, 2.45) is 0 Å². The number of nitrogens with zero attached hydrogens (tertiary/aromatic N) is 1. The molecule has 0 unspecified atom stereocenters. The Labute approximate surface area is 65.2 Å². The lowest BCUT2D eigenvalue weighted by molar-refractivity contribution is 0.547. The van der Waals surface area contributed by atoms with Crippen molar-refractivity contribution in [2.75, 3.05) is 0 Å². The maximum atomic E-state index is 5.17. The van der Waals surface area contributed by atoms with Gasteiger partial charge >= 0.3 is 0 Å². The van der Waals surface area contributed by atoms with Crippen molar-refractivity contribution < 1.29 is 4.42 Å². The van der Waals surface area contributed by atoms with Gasteiger partial charge in [-0.1, -0.05) is 11.6 Å². The molecule has 1 aliphatic rings. The van der Waals surface area contributed by atoms with Crippen LogP contribution in [0.5, 0.6) is 0 Å². The smallest absolute Gasteiger partial charge is 0.181 e. The lowest BCUT2D eigenvalue weighted by Gasteiger charge is -1.89. The summed E-state index contributed by atoms with van der Waals surface area (Å²) in [6.45, 7) is 2.09. The summed E-state index contributed by atoms with van der Waals surface area (Å²) in [6.07, 6.45) is 8.59. The third-order valence-corrected chi connectivity index (χ3v) is 1.72. The molecule has 0 aliphatic heterocycles. The van der Waals surface area contributed by atoms with Gasteiger partial charge in [-0.15, -0.1) is 0 Å². The molecule has 0 amide bonds. The minimum atomic E-state index is 0.872. The fourth-order valence-corrected chi connectivity index (χ4v) is 1.14. The highest BCUT2D eigenvalue weighted by Crippen LogP contribution is 2.19. The van der Waals surface area contributed by atoms with Crippen molar-refractivity contribution >= 4 is 12.2 Å². The second kappa shape index (κ2) is 2.38. The Balaban J connectivity index is 2.55. The predicted molar refractivity (Wildman–Crippen MR) is 43.8 cm³/mol. The maximum Gasteiger partial charge on any atom is 0.181 e. The SMILES string of the molecule is CC1=Cc2ocnc2C=CC1. The second-order valence-corrected chi connectivity index (χ2v) is 2.70. The largest absolute Gasteiger partial charge is 0.443 e. The fourth-order valence-electron chi connectivity index (χ4n) is 1.14. The van der Waals surface area contributed by atoms with E-state index in [2.05, 4.69) is 18.0 Å². The van der Waals surface area contributed by atoms with E-state index in [9.17, 15) is 0 Å². The van der Waals surface area contributed by atoms with E-state index in [1.54, 1.807) is 0 Å². The van der Waals surface area contributed by atoms with Crippen LogP contribution in [0.15, 0.2) is 22.5 Å². The van der Waals surface area contributed by atoms with E-state index in [1.807, 2.05) is 12.2 Å². The van der Waals surface area contributed by atoms with Gasteiger partial charge in [0.1, 0.15) is 5.69 Å². The number of allylic oxidation sites excluding steroid dienone is 2. The van der Waals surface area contributed by atoms with Crippen LogP contribution in [0.25, 0.3) is 12.2 Å². The van der Waals surface area contributed by atoms with Crippen LogP contribution in [-0.2, 0) is 0 Å². The molecule has 1 aromatic heterocycles. The molecule has 1 aromatic rings. The quantitative estimate of drug-likeness (QED) is 0.563. The normalized spacial score (nSPS) is 15.5. The Morgan fingerprint density at radius 2 is 2.45 bits per heavy atom. The first-order valence-corrected chi connectivity index (χ1v) is 3.63. The first kappa shape index (κ1) is 6.40. The third-order valence-electron chi connectivity index (χ3n) is 1.72. The Kier molecular flexibility index (Phi) is 1.39. The number of fused-ring (bicyclic) bond motifs is 1. The Bertz CT molecular complexity index is 320. The summed E-state index contributed by atoms with van der Waals surface area (Å²) < 4.78 is 5.17. The molecule has 11 heavy (non-hydrogen) atoms. The van der Waals surface area contributed by atoms with Gasteiger partial charge in [0, 0.05) is 0 Å². The van der Waals surface area contributed by atoms with Crippen LogP contribution in [0.4, 0.5) is 0 Å². The molecule has 1 heterocycles. The van der Waals surface area contributed by atoms with E-state index in [4.69, 9.17) is 4.42 Å². The Morgan fingerprint density at radius 3 is 3.36 bits per heavy atom. The molecular formula is C9H9NO. The zero-order chi connectivity index (χ0) is 7.68. The predicted octanol–water partition coefficient (Wildman–Crippen LogP) is 2.49. The van der Waals surface area contributed by atoms with E-state index in [0.29, 0.717) is 0 Å². The highest BCUT2D eigenvalue weighted by atomic mass is 16.3. The Morgan fingerprint density at radius 1 is 1.55 bits per heavy atom. The average Bonchev–Trinajstić information content (AvgIpc) is 2.31. The van der Waals surface area contributed by atoms with Gasteiger partial charge in [0.05, 0.1) is 0 Å². The van der Waals surface area contributed by atoms with Crippen molar-refractivity contribution in [1.82, 2.24) is 4.98 Å². The summed E-state index contributed by atoms with van der Waals surface area (Å²) in [7, 11) is 0. The molecular weight excluding hydrogens is 138 g/mol. The lowest BCUT2D eigenvalue weighted by Crippen LogP contribution is -1.72. The molecule has 0 fully saturated rings. The molecule has 2 nitrogen and oxygen atoms in total.